The number of ketones is 1. The SMILES string of the molecule is C/C(O)=C(/C#N)C(=O)c1cc(Cl)ccc1Cl. The number of nitrogens with zero attached hydrogens (tertiary/aromatic N) is 1. The Morgan fingerprint density at radius 3 is 2.56 bits per heavy atom. The number of nitriles is 1. The molecule has 1 rings (SSSR count). The molecule has 0 fully saturated rings. The maximum absolute atomic E-state index is 11.8. The number of hydrogen-bond donors (Lipinski definition) is 1. The Hall–Kier alpha value is -1.50. The van der Waals surface area contributed by atoms with Crippen LogP contribution in [0.3, 0.4) is 0 Å². The third kappa shape index (κ3) is 2.54. The lowest BCUT2D eigenvalue weighted by atomic mass is 10.0. The molecule has 1 N–H and O–H groups in total. The lowest BCUT2D eigenvalue weighted by Crippen LogP contribution is -2.05. The van der Waals surface area contributed by atoms with Crippen molar-refractivity contribution in [3.05, 3.63) is 45.1 Å². The van der Waals surface area contributed by atoms with E-state index in [1.165, 1.54) is 25.1 Å². The van der Waals surface area contributed by atoms with Crippen LogP contribution in [-0.2, 0) is 0 Å². The first-order chi connectivity index (χ1) is 7.47. The van der Waals surface area contributed by atoms with Crippen molar-refractivity contribution in [2.45, 2.75) is 6.92 Å². The Bertz CT molecular complexity index is 511. The van der Waals surface area contributed by atoms with Crippen LogP contribution in [0.15, 0.2) is 29.5 Å². The van der Waals surface area contributed by atoms with Gasteiger partial charge in [0.05, 0.1) is 5.02 Å². The molecule has 0 amide bonds. The zero-order chi connectivity index (χ0) is 12.3. The topological polar surface area (TPSA) is 61.1 Å². The van der Waals surface area contributed by atoms with Crippen LogP contribution in [-0.4, -0.2) is 10.9 Å². The zero-order valence-electron chi connectivity index (χ0n) is 8.29. The molecule has 0 aliphatic heterocycles. The maximum Gasteiger partial charge on any atom is 0.208 e. The third-order valence-corrected chi connectivity index (χ3v) is 2.44. The van der Waals surface area contributed by atoms with Gasteiger partial charge in [-0.15, -0.1) is 0 Å². The summed E-state index contributed by atoms with van der Waals surface area (Å²) >= 11 is 11.5. The van der Waals surface area contributed by atoms with E-state index in [0.717, 1.165) is 0 Å². The van der Waals surface area contributed by atoms with Crippen LogP contribution < -0.4 is 0 Å². The van der Waals surface area contributed by atoms with Crippen LogP contribution >= 0.6 is 23.2 Å². The first-order valence-electron chi connectivity index (χ1n) is 4.27. The van der Waals surface area contributed by atoms with Gasteiger partial charge in [-0.05, 0) is 25.1 Å². The molecule has 0 spiro atoms. The molecule has 3 nitrogen and oxygen atoms in total. The van der Waals surface area contributed by atoms with Crippen LogP contribution in [0.5, 0.6) is 0 Å². The zero-order valence-corrected chi connectivity index (χ0v) is 9.80. The molecule has 0 aliphatic carbocycles. The van der Waals surface area contributed by atoms with Crippen LogP contribution in [0.4, 0.5) is 0 Å². The van der Waals surface area contributed by atoms with Crippen molar-refractivity contribution in [3.63, 3.8) is 0 Å². The minimum Gasteiger partial charge on any atom is -0.511 e. The quantitative estimate of drug-likeness (QED) is 0.381. The Balaban J connectivity index is 3.31. The highest BCUT2D eigenvalue weighted by Gasteiger charge is 2.18. The molecule has 0 atom stereocenters. The maximum atomic E-state index is 11.8. The number of allylic oxidation sites excluding steroid dienone is 2. The molecular weight excluding hydrogens is 249 g/mol. The predicted molar refractivity (Wildman–Crippen MR) is 61.7 cm³/mol. The number of rotatable bonds is 2. The Kier molecular flexibility index (Phi) is 3.94. The molecule has 1 aromatic rings. The molecule has 0 saturated carbocycles. The van der Waals surface area contributed by atoms with E-state index in [9.17, 15) is 4.79 Å². The fourth-order valence-corrected chi connectivity index (χ4v) is 1.48. The molecule has 16 heavy (non-hydrogen) atoms. The van der Waals surface area contributed by atoms with Gasteiger partial charge < -0.3 is 5.11 Å². The van der Waals surface area contributed by atoms with Crippen molar-refractivity contribution in [2.75, 3.05) is 0 Å². The van der Waals surface area contributed by atoms with Gasteiger partial charge in [-0.3, -0.25) is 4.79 Å². The Labute approximate surface area is 103 Å². The van der Waals surface area contributed by atoms with Crippen molar-refractivity contribution < 1.29 is 9.90 Å². The van der Waals surface area contributed by atoms with Crippen LogP contribution in [0.2, 0.25) is 10.0 Å². The summed E-state index contributed by atoms with van der Waals surface area (Å²) in [5.41, 5.74) is -0.247. The minimum atomic E-state index is -0.644. The second-order valence-electron chi connectivity index (χ2n) is 3.03. The Morgan fingerprint density at radius 1 is 1.44 bits per heavy atom. The van der Waals surface area contributed by atoms with Gasteiger partial charge in [-0.25, -0.2) is 0 Å². The van der Waals surface area contributed by atoms with E-state index >= 15 is 0 Å². The normalized spacial score (nSPS) is 11.6. The van der Waals surface area contributed by atoms with Crippen molar-refractivity contribution in [1.82, 2.24) is 0 Å². The molecule has 1 aromatic carbocycles. The van der Waals surface area contributed by atoms with Gasteiger partial charge in [0.15, 0.2) is 0 Å². The highest BCUT2D eigenvalue weighted by atomic mass is 35.5. The van der Waals surface area contributed by atoms with Crippen molar-refractivity contribution in [1.29, 1.82) is 5.26 Å². The third-order valence-electron chi connectivity index (χ3n) is 1.87. The van der Waals surface area contributed by atoms with E-state index in [1.807, 2.05) is 0 Å². The largest absolute Gasteiger partial charge is 0.511 e. The van der Waals surface area contributed by atoms with E-state index in [4.69, 9.17) is 33.6 Å². The van der Waals surface area contributed by atoms with Gasteiger partial charge >= 0.3 is 0 Å². The average Bonchev–Trinajstić information content (AvgIpc) is 2.22. The van der Waals surface area contributed by atoms with Gasteiger partial charge in [0.25, 0.3) is 0 Å². The fourth-order valence-electron chi connectivity index (χ4n) is 1.10. The summed E-state index contributed by atoms with van der Waals surface area (Å²) in [7, 11) is 0. The number of halogens is 2. The summed E-state index contributed by atoms with van der Waals surface area (Å²) in [6.45, 7) is 1.26. The number of hydrogen-bond acceptors (Lipinski definition) is 3. The molecule has 82 valence electrons. The summed E-state index contributed by atoms with van der Waals surface area (Å²) in [5.74, 6) is -0.987. The van der Waals surface area contributed by atoms with E-state index in [1.54, 1.807) is 6.07 Å². The lowest BCUT2D eigenvalue weighted by molar-refractivity contribution is 0.103. The van der Waals surface area contributed by atoms with Gasteiger partial charge in [-0.2, -0.15) is 5.26 Å². The monoisotopic (exact) mass is 255 g/mol. The number of carbonyl (C=O) groups excluding carboxylic acids is 1. The molecule has 0 heterocycles. The second kappa shape index (κ2) is 5.02. The van der Waals surface area contributed by atoms with Crippen molar-refractivity contribution >= 4 is 29.0 Å². The summed E-state index contributed by atoms with van der Waals surface area (Å²) in [4.78, 5) is 11.8. The fraction of sp³-hybridized carbons (Fsp3) is 0.0909. The smallest absolute Gasteiger partial charge is 0.208 e. The van der Waals surface area contributed by atoms with Gasteiger partial charge in [0.2, 0.25) is 5.78 Å². The standard InChI is InChI=1S/C11H7Cl2NO2/c1-6(15)9(5-14)11(16)8-4-7(12)2-3-10(8)13/h2-4,15H,1H3/b9-6+. The predicted octanol–water partition coefficient (Wildman–Crippen LogP) is 3.53. The molecule has 0 aliphatic rings. The Morgan fingerprint density at radius 2 is 2.06 bits per heavy atom. The number of carbonyl (C=O) groups is 1. The molecular formula is C11H7Cl2NO2. The number of Topliss-reactive ketones (excluding diaryl/α,β-unsaturated/α-hetero) is 1. The number of aliphatic hydroxyl groups excluding tert-OH is 1. The van der Waals surface area contributed by atoms with E-state index in [-0.39, 0.29) is 21.9 Å². The van der Waals surface area contributed by atoms with Gasteiger partial charge in [0, 0.05) is 10.6 Å². The summed E-state index contributed by atoms with van der Waals surface area (Å²) in [5, 5.41) is 18.4. The first kappa shape index (κ1) is 12.6. The van der Waals surface area contributed by atoms with Crippen LogP contribution in [0.1, 0.15) is 17.3 Å². The van der Waals surface area contributed by atoms with Gasteiger partial charge in [0.1, 0.15) is 17.4 Å². The van der Waals surface area contributed by atoms with Crippen molar-refractivity contribution in [2.24, 2.45) is 0 Å². The van der Waals surface area contributed by atoms with E-state index in [0.29, 0.717) is 5.02 Å². The molecule has 0 radical (unpaired) electrons. The second-order valence-corrected chi connectivity index (χ2v) is 3.87. The number of aliphatic hydroxyl groups is 1. The molecule has 5 heteroatoms. The molecule has 0 unspecified atom stereocenters. The van der Waals surface area contributed by atoms with E-state index < -0.39 is 5.78 Å². The molecule has 0 saturated heterocycles. The average molecular weight is 256 g/mol. The summed E-state index contributed by atoms with van der Waals surface area (Å²) in [6, 6.07) is 5.97. The minimum absolute atomic E-state index is 0.0964. The van der Waals surface area contributed by atoms with Crippen LogP contribution in [0.25, 0.3) is 0 Å². The van der Waals surface area contributed by atoms with Gasteiger partial charge in [-0.1, -0.05) is 23.2 Å². The first-order valence-corrected chi connectivity index (χ1v) is 5.02. The summed E-state index contributed by atoms with van der Waals surface area (Å²) < 4.78 is 0. The number of benzene rings is 1. The highest BCUT2D eigenvalue weighted by Crippen LogP contribution is 2.23. The molecule has 0 bridgehead atoms. The van der Waals surface area contributed by atoms with Crippen molar-refractivity contribution in [3.8, 4) is 6.07 Å². The molecule has 0 aromatic heterocycles. The lowest BCUT2D eigenvalue weighted by Gasteiger charge is -2.03. The summed E-state index contributed by atoms with van der Waals surface area (Å²) in [6.07, 6.45) is 0. The highest BCUT2D eigenvalue weighted by molar-refractivity contribution is 6.37. The van der Waals surface area contributed by atoms with Crippen LogP contribution in [0, 0.1) is 11.3 Å². The van der Waals surface area contributed by atoms with E-state index in [2.05, 4.69) is 0 Å².